The molecule has 0 aliphatic carbocycles. The number of carbonyl (C=O) groups excluding carboxylic acids is 2. The number of nitrogens with zero attached hydrogens (tertiary/aromatic N) is 5. The number of phosphoric ester groups is 3. The lowest BCUT2D eigenvalue weighted by Gasteiger charge is -2.28. The Balaban J connectivity index is 0.000000571. The maximum atomic E-state index is 12.4. The quantitative estimate of drug-likeness (QED) is 0.0645. The highest BCUT2D eigenvalue weighted by atomic mass is 31.3. The van der Waals surface area contributed by atoms with Crippen molar-refractivity contribution < 1.29 is 95.7 Å². The highest BCUT2D eigenvalue weighted by Gasteiger charge is 2.48. The van der Waals surface area contributed by atoms with Crippen LogP contribution in [0.25, 0.3) is 11.2 Å². The highest BCUT2D eigenvalue weighted by molar-refractivity contribution is 7.61. The molecule has 2 aromatic heterocycles. The molecule has 2 fully saturated rings. The van der Waals surface area contributed by atoms with E-state index in [4.69, 9.17) is 44.9 Å². The Morgan fingerprint density at radius 1 is 0.926 bits per heavy atom. The van der Waals surface area contributed by atoms with Crippen LogP contribution in [-0.4, -0.2) is 144 Å². The largest absolute Gasteiger partial charge is 0.481 e. The number of ketones is 1. The van der Waals surface area contributed by atoms with Crippen molar-refractivity contribution in [2.45, 2.75) is 68.7 Å². The van der Waals surface area contributed by atoms with Crippen molar-refractivity contribution in [3.8, 4) is 0 Å². The Hall–Kier alpha value is -3.14. The number of aromatic nitrogens is 4. The lowest BCUT2D eigenvalue weighted by molar-refractivity contribution is -0.140. The number of carbonyl (C=O) groups is 2. The van der Waals surface area contributed by atoms with Crippen LogP contribution >= 0.6 is 23.5 Å². The summed E-state index contributed by atoms with van der Waals surface area (Å²) < 4.78 is 64.3. The fraction of sp³-hybridized carbons (Fsp3) is 0.542. The second-order valence-electron chi connectivity index (χ2n) is 11.4. The number of rotatable bonds is 14. The van der Waals surface area contributed by atoms with Crippen molar-refractivity contribution in [3.63, 3.8) is 0 Å². The molecule has 0 spiro atoms. The summed E-state index contributed by atoms with van der Waals surface area (Å²) in [6.07, 6.45) is -6.92. The number of fused-ring (bicyclic) bond motifs is 1. The summed E-state index contributed by atoms with van der Waals surface area (Å²) in [6, 6.07) is 0. The fourth-order valence-electron chi connectivity index (χ4n) is 4.88. The molecular formula is C24H36N7O20P3. The van der Waals surface area contributed by atoms with Crippen LogP contribution in [0, 0.1) is 0 Å². The minimum atomic E-state index is -5.37. The monoisotopic (exact) mass is 835 g/mol. The molecule has 2 aromatic rings. The molecule has 3 aliphatic heterocycles. The second kappa shape index (κ2) is 17.3. The van der Waals surface area contributed by atoms with Crippen molar-refractivity contribution in [3.05, 3.63) is 36.7 Å². The number of phosphoric acid groups is 3. The summed E-state index contributed by atoms with van der Waals surface area (Å²) in [5, 5.41) is 50.0. The van der Waals surface area contributed by atoms with E-state index in [0.29, 0.717) is 0 Å². The second-order valence-corrected chi connectivity index (χ2v) is 15.6. The van der Waals surface area contributed by atoms with Crippen molar-refractivity contribution in [2.75, 3.05) is 18.9 Å². The molecule has 13 N–H and O–H groups in total. The van der Waals surface area contributed by atoms with Crippen molar-refractivity contribution in [1.29, 1.82) is 0 Å². The van der Waals surface area contributed by atoms with E-state index >= 15 is 0 Å². The molecule has 2 saturated heterocycles. The molecule has 0 saturated carbocycles. The van der Waals surface area contributed by atoms with Crippen molar-refractivity contribution in [1.82, 2.24) is 24.4 Å². The van der Waals surface area contributed by atoms with E-state index in [1.54, 1.807) is 6.08 Å². The molecule has 11 atom stereocenters. The zero-order chi connectivity index (χ0) is 40.3. The van der Waals surface area contributed by atoms with E-state index in [9.17, 15) is 53.5 Å². The summed E-state index contributed by atoms with van der Waals surface area (Å²) in [6.45, 7) is -0.841. The molecule has 30 heteroatoms. The Labute approximate surface area is 302 Å². The van der Waals surface area contributed by atoms with Gasteiger partial charge in [0.2, 0.25) is 12.2 Å². The van der Waals surface area contributed by atoms with Crippen molar-refractivity contribution in [2.24, 2.45) is 5.73 Å². The molecule has 0 radical (unpaired) electrons. The smallest absolute Gasteiger partial charge is 0.387 e. The predicted molar refractivity (Wildman–Crippen MR) is 172 cm³/mol. The molecule has 302 valence electrons. The number of nitrogen functional groups attached to an aromatic ring is 1. The topological polar surface area (TPSA) is 422 Å². The van der Waals surface area contributed by atoms with E-state index in [2.05, 4.69) is 23.8 Å². The molecule has 54 heavy (non-hydrogen) atoms. The maximum Gasteiger partial charge on any atom is 0.481 e. The van der Waals surface area contributed by atoms with E-state index in [-0.39, 0.29) is 29.0 Å². The average Bonchev–Trinajstić information content (AvgIpc) is 3.72. The first kappa shape index (κ1) is 43.6. The first-order valence-electron chi connectivity index (χ1n) is 15.0. The van der Waals surface area contributed by atoms with Crippen LogP contribution in [0.15, 0.2) is 36.7 Å². The van der Waals surface area contributed by atoms with Gasteiger partial charge in [-0.15, -0.1) is 0 Å². The number of aliphatic hydroxyl groups excluding tert-OH is 5. The van der Waals surface area contributed by atoms with Crippen LogP contribution in [0.5, 0.6) is 0 Å². The summed E-state index contributed by atoms with van der Waals surface area (Å²) >= 11 is 0. The van der Waals surface area contributed by atoms with E-state index < -0.39 is 104 Å². The Morgan fingerprint density at radius 2 is 1.48 bits per heavy atom. The highest BCUT2D eigenvalue weighted by Crippen LogP contribution is 2.60. The molecule has 0 bridgehead atoms. The van der Waals surface area contributed by atoms with E-state index in [1.807, 2.05) is 0 Å². The predicted octanol–water partition coefficient (Wildman–Crippen LogP) is -3.68. The van der Waals surface area contributed by atoms with Gasteiger partial charge in [0.1, 0.15) is 48.5 Å². The van der Waals surface area contributed by atoms with Crippen molar-refractivity contribution >= 4 is 52.1 Å². The SMILES string of the molecule is CC(=O)C(O)OP(=O)(O)O.NC(=O)C1=CN([C@@H]2O[C@H](COP(=O)(O)OP(=O)(O)OC[C@H]3O[C@@H](n4cnc5c(N)ncnc54)[C@H](O)[C@@H]3O)[C@@H](O)[C@H]2O)C=CC1. The van der Waals surface area contributed by atoms with Gasteiger partial charge in [-0.25, -0.2) is 33.2 Å². The first-order chi connectivity index (χ1) is 25.0. The van der Waals surface area contributed by atoms with Gasteiger partial charge in [-0.1, -0.05) is 6.08 Å². The number of Topliss-reactive ketones (excluding diaryl/α,β-unsaturated/α-hetero) is 1. The number of primary amides is 1. The minimum Gasteiger partial charge on any atom is -0.387 e. The van der Waals surface area contributed by atoms with Gasteiger partial charge in [0.25, 0.3) is 0 Å². The zero-order valence-electron chi connectivity index (χ0n) is 27.5. The molecular weight excluding hydrogens is 799 g/mol. The molecule has 0 aromatic carbocycles. The van der Waals surface area contributed by atoms with E-state index in [0.717, 1.165) is 13.3 Å². The first-order valence-corrected chi connectivity index (χ1v) is 19.5. The lowest BCUT2D eigenvalue weighted by atomic mass is 10.1. The zero-order valence-corrected chi connectivity index (χ0v) is 30.1. The number of ether oxygens (including phenoxy) is 2. The third kappa shape index (κ3) is 11.0. The molecule has 3 unspecified atom stereocenters. The summed E-state index contributed by atoms with van der Waals surface area (Å²) in [5.41, 5.74) is 11.6. The third-order valence-electron chi connectivity index (χ3n) is 7.46. The van der Waals surface area contributed by atoms with Crippen LogP contribution in [0.1, 0.15) is 19.6 Å². The van der Waals surface area contributed by atoms with Gasteiger partial charge in [0.15, 0.2) is 29.7 Å². The van der Waals surface area contributed by atoms with Gasteiger partial charge in [-0.05, 0) is 13.3 Å². The molecule has 5 rings (SSSR count). The minimum absolute atomic E-state index is 0.0517. The number of nitrogens with two attached hydrogens (primary N) is 2. The fourth-order valence-corrected chi connectivity index (χ4v) is 7.38. The average molecular weight is 836 g/mol. The Bertz CT molecular complexity index is 1890. The van der Waals surface area contributed by atoms with E-state index in [1.165, 1.54) is 28.2 Å². The standard InChI is InChI=1S/C21H29N7O14P2.C3H7O6P/c22-17-12-19(25-7-24-17)28(8-26-12)21-16(32)14(30)11(41-21)6-39-44(36,37)42-43(34,35)38-5-10-13(29)15(31)20(40-10)27-3-1-2-9(4-27)18(23)33;1-2(4)3(5)9-10(6,7)8/h1,3-4,7-8,10-11,13-16,20-21,29-32H,2,5-6H2,(H2,23,33)(H,34,35)(H,36,37)(H2,22,24,25);3,5H,1H3,(H2,6,7,8)/t10-,11-,13-,14-,15-,16-,20-,21-;/m1./s1. The summed E-state index contributed by atoms with van der Waals surface area (Å²) in [5.74, 6) is -1.52. The van der Waals surface area contributed by atoms with Crippen LogP contribution in [0.3, 0.4) is 0 Å². The molecule has 1 amide bonds. The van der Waals surface area contributed by atoms with Gasteiger partial charge in [0.05, 0.1) is 19.5 Å². The Morgan fingerprint density at radius 3 is 2.00 bits per heavy atom. The molecule has 3 aliphatic rings. The van der Waals surface area contributed by atoms with Crippen LogP contribution in [-0.2, 0) is 50.6 Å². The maximum absolute atomic E-state index is 12.4. The number of aliphatic hydroxyl groups is 5. The van der Waals surface area contributed by atoms with Gasteiger partial charge in [0, 0.05) is 18.0 Å². The van der Waals surface area contributed by atoms with Crippen LogP contribution in [0.4, 0.5) is 5.82 Å². The summed E-state index contributed by atoms with van der Waals surface area (Å²) in [4.78, 5) is 70.7. The van der Waals surface area contributed by atoms with Gasteiger partial charge in [-0.3, -0.25) is 23.2 Å². The number of hydrogen-bond acceptors (Lipinski definition) is 21. The number of amides is 1. The number of allylic oxidation sites excluding steroid dienone is 1. The molecule has 5 heterocycles. The van der Waals surface area contributed by atoms with Crippen LogP contribution in [0.2, 0.25) is 0 Å². The summed E-state index contributed by atoms with van der Waals surface area (Å²) in [7, 11) is -15.5. The normalized spacial score (nSPS) is 29.9. The Kier molecular flexibility index (Phi) is 14.0. The number of anilines is 1. The van der Waals surface area contributed by atoms with Gasteiger partial charge >= 0.3 is 23.5 Å². The lowest BCUT2D eigenvalue weighted by Crippen LogP contribution is -2.40. The molecule has 27 nitrogen and oxygen atoms in total. The number of hydrogen-bond donors (Lipinski definition) is 11. The van der Waals surface area contributed by atoms with Gasteiger partial charge < -0.3 is 70.9 Å². The van der Waals surface area contributed by atoms with Crippen LogP contribution < -0.4 is 11.5 Å². The van der Waals surface area contributed by atoms with Gasteiger partial charge in [-0.2, -0.15) is 4.31 Å². The third-order valence-corrected chi connectivity index (χ3v) is 10.5. The number of imidazole rings is 1.